The third-order valence-electron chi connectivity index (χ3n) is 4.45. The van der Waals surface area contributed by atoms with Crippen molar-refractivity contribution in [2.45, 2.75) is 19.4 Å². The lowest BCUT2D eigenvalue weighted by molar-refractivity contribution is 0.0935. The van der Waals surface area contributed by atoms with Crippen LogP contribution in [0.2, 0.25) is 5.02 Å². The van der Waals surface area contributed by atoms with Crippen molar-refractivity contribution in [3.05, 3.63) is 52.9 Å². The SMILES string of the molecule is Cc1cc(Nc2cnc(C(=O)NC3CCNC3)c(Nc3ccc(Cl)cc3)n2)n[nH]1. The highest BCUT2D eigenvalue weighted by atomic mass is 35.5. The molecule has 150 valence electrons. The molecule has 0 saturated carbocycles. The molecule has 1 unspecified atom stereocenters. The first-order valence-electron chi connectivity index (χ1n) is 9.27. The van der Waals surface area contributed by atoms with Gasteiger partial charge in [-0.25, -0.2) is 9.97 Å². The zero-order valence-corrected chi connectivity index (χ0v) is 16.5. The highest BCUT2D eigenvalue weighted by Crippen LogP contribution is 2.22. The smallest absolute Gasteiger partial charge is 0.274 e. The Hall–Kier alpha value is -3.17. The number of aromatic amines is 1. The second-order valence-electron chi connectivity index (χ2n) is 6.81. The molecular formula is C19H21ClN8O. The summed E-state index contributed by atoms with van der Waals surface area (Å²) in [6.07, 6.45) is 2.40. The summed E-state index contributed by atoms with van der Waals surface area (Å²) in [4.78, 5) is 21.7. The van der Waals surface area contributed by atoms with Crippen LogP contribution in [0.25, 0.3) is 0 Å². The molecule has 3 aromatic rings. The molecule has 1 aliphatic heterocycles. The lowest BCUT2D eigenvalue weighted by Gasteiger charge is -2.15. The number of benzene rings is 1. The first kappa shape index (κ1) is 19.2. The van der Waals surface area contributed by atoms with Gasteiger partial charge in [0.05, 0.1) is 6.20 Å². The number of H-pyrrole nitrogens is 1. The average molecular weight is 413 g/mol. The molecule has 1 atom stereocenters. The molecule has 1 aliphatic rings. The van der Waals surface area contributed by atoms with Crippen LogP contribution in [0, 0.1) is 6.92 Å². The summed E-state index contributed by atoms with van der Waals surface area (Å²) in [5.41, 5.74) is 1.88. The fourth-order valence-corrected chi connectivity index (χ4v) is 3.14. The topological polar surface area (TPSA) is 120 Å². The van der Waals surface area contributed by atoms with E-state index in [1.54, 1.807) is 12.1 Å². The van der Waals surface area contributed by atoms with Crippen LogP contribution in [-0.4, -0.2) is 45.2 Å². The van der Waals surface area contributed by atoms with E-state index < -0.39 is 0 Å². The van der Waals surface area contributed by atoms with Crippen molar-refractivity contribution < 1.29 is 4.79 Å². The quantitative estimate of drug-likeness (QED) is 0.422. The number of nitrogens with zero attached hydrogens (tertiary/aromatic N) is 3. The normalized spacial score (nSPS) is 15.9. The fourth-order valence-electron chi connectivity index (χ4n) is 3.02. The molecule has 5 N–H and O–H groups in total. The van der Waals surface area contributed by atoms with E-state index in [9.17, 15) is 4.79 Å². The van der Waals surface area contributed by atoms with Crippen LogP contribution in [0.4, 0.5) is 23.1 Å². The summed E-state index contributed by atoms with van der Waals surface area (Å²) in [5.74, 6) is 1.15. The largest absolute Gasteiger partial charge is 0.347 e. The standard InChI is InChI=1S/C19H21ClN8O/c1-11-8-15(28-27-11)25-16-10-22-17(19(29)24-14-6-7-21-9-14)18(26-16)23-13-4-2-12(20)3-5-13/h2-5,8,10,14,21H,6-7,9H2,1H3,(H,24,29)(H3,23,25,26,27,28). The van der Waals surface area contributed by atoms with E-state index in [1.807, 2.05) is 25.1 Å². The number of anilines is 4. The van der Waals surface area contributed by atoms with Gasteiger partial charge in [-0.1, -0.05) is 11.6 Å². The van der Waals surface area contributed by atoms with Crippen molar-refractivity contribution in [1.29, 1.82) is 0 Å². The molecule has 0 bridgehead atoms. The summed E-state index contributed by atoms with van der Waals surface area (Å²) in [5, 5.41) is 20.1. The minimum atomic E-state index is -0.273. The molecule has 0 aliphatic carbocycles. The minimum absolute atomic E-state index is 0.0810. The van der Waals surface area contributed by atoms with E-state index in [4.69, 9.17) is 11.6 Å². The molecule has 1 saturated heterocycles. The van der Waals surface area contributed by atoms with Gasteiger partial charge in [0.25, 0.3) is 5.91 Å². The number of carbonyl (C=O) groups excluding carboxylic acids is 1. The third kappa shape index (κ3) is 4.82. The van der Waals surface area contributed by atoms with Crippen molar-refractivity contribution in [1.82, 2.24) is 30.8 Å². The highest BCUT2D eigenvalue weighted by molar-refractivity contribution is 6.30. The van der Waals surface area contributed by atoms with Gasteiger partial charge >= 0.3 is 0 Å². The van der Waals surface area contributed by atoms with Gasteiger partial charge in [-0.05, 0) is 44.2 Å². The van der Waals surface area contributed by atoms with E-state index in [0.29, 0.717) is 22.5 Å². The number of aryl methyl sites for hydroxylation is 1. The average Bonchev–Trinajstić information content (AvgIpc) is 3.35. The number of aromatic nitrogens is 4. The maximum absolute atomic E-state index is 12.8. The first-order valence-corrected chi connectivity index (χ1v) is 9.65. The van der Waals surface area contributed by atoms with Crippen LogP contribution < -0.4 is 21.3 Å². The van der Waals surface area contributed by atoms with Crippen molar-refractivity contribution in [2.24, 2.45) is 0 Å². The van der Waals surface area contributed by atoms with Gasteiger partial charge in [0.15, 0.2) is 23.1 Å². The molecule has 4 rings (SSSR count). The maximum atomic E-state index is 12.8. The number of rotatable bonds is 6. The fraction of sp³-hybridized carbons (Fsp3) is 0.263. The number of nitrogens with one attached hydrogen (secondary N) is 5. The number of amides is 1. The number of hydrogen-bond acceptors (Lipinski definition) is 7. The Morgan fingerprint density at radius 2 is 2.03 bits per heavy atom. The number of carbonyl (C=O) groups is 1. The maximum Gasteiger partial charge on any atom is 0.274 e. The number of hydrogen-bond donors (Lipinski definition) is 5. The molecule has 2 aromatic heterocycles. The Morgan fingerprint density at radius 3 is 2.72 bits per heavy atom. The third-order valence-corrected chi connectivity index (χ3v) is 4.70. The van der Waals surface area contributed by atoms with E-state index in [2.05, 4.69) is 41.4 Å². The molecular weight excluding hydrogens is 392 g/mol. The highest BCUT2D eigenvalue weighted by Gasteiger charge is 2.22. The van der Waals surface area contributed by atoms with Gasteiger partial charge in [-0.15, -0.1) is 0 Å². The van der Waals surface area contributed by atoms with Crippen molar-refractivity contribution in [3.63, 3.8) is 0 Å². The summed E-state index contributed by atoms with van der Waals surface area (Å²) < 4.78 is 0. The predicted molar refractivity (Wildman–Crippen MR) is 112 cm³/mol. The van der Waals surface area contributed by atoms with Gasteiger partial charge in [-0.2, -0.15) is 5.10 Å². The Morgan fingerprint density at radius 1 is 1.21 bits per heavy atom. The van der Waals surface area contributed by atoms with Gasteiger partial charge in [-0.3, -0.25) is 9.89 Å². The lowest BCUT2D eigenvalue weighted by atomic mass is 10.2. The minimum Gasteiger partial charge on any atom is -0.347 e. The summed E-state index contributed by atoms with van der Waals surface area (Å²) >= 11 is 5.96. The van der Waals surface area contributed by atoms with Gasteiger partial charge in [0.1, 0.15) is 0 Å². The molecule has 10 heteroatoms. The van der Waals surface area contributed by atoms with Crippen LogP contribution in [0.3, 0.4) is 0 Å². The van der Waals surface area contributed by atoms with Crippen LogP contribution in [0.5, 0.6) is 0 Å². The summed E-state index contributed by atoms with van der Waals surface area (Å²) in [6.45, 7) is 3.54. The van der Waals surface area contributed by atoms with Crippen LogP contribution in [0.15, 0.2) is 36.5 Å². The van der Waals surface area contributed by atoms with Crippen LogP contribution >= 0.6 is 11.6 Å². The second kappa shape index (κ2) is 8.46. The van der Waals surface area contributed by atoms with Gasteiger partial charge in [0.2, 0.25) is 0 Å². The Kier molecular flexibility index (Phi) is 5.59. The zero-order valence-electron chi connectivity index (χ0n) is 15.8. The van der Waals surface area contributed by atoms with Gasteiger partial charge < -0.3 is 21.3 Å². The zero-order chi connectivity index (χ0) is 20.2. The molecule has 0 spiro atoms. The van der Waals surface area contributed by atoms with Crippen LogP contribution in [-0.2, 0) is 0 Å². The predicted octanol–water partition coefficient (Wildman–Crippen LogP) is 2.74. The molecule has 29 heavy (non-hydrogen) atoms. The van der Waals surface area contributed by atoms with E-state index in [-0.39, 0.29) is 17.6 Å². The van der Waals surface area contributed by atoms with E-state index in [1.165, 1.54) is 6.20 Å². The van der Waals surface area contributed by atoms with E-state index in [0.717, 1.165) is 30.9 Å². The second-order valence-corrected chi connectivity index (χ2v) is 7.25. The van der Waals surface area contributed by atoms with Crippen molar-refractivity contribution >= 4 is 40.6 Å². The van der Waals surface area contributed by atoms with E-state index >= 15 is 0 Å². The molecule has 0 radical (unpaired) electrons. The molecule has 9 nitrogen and oxygen atoms in total. The summed E-state index contributed by atoms with van der Waals surface area (Å²) in [6, 6.07) is 9.07. The number of halogens is 1. The molecule has 1 amide bonds. The van der Waals surface area contributed by atoms with Crippen molar-refractivity contribution in [3.8, 4) is 0 Å². The molecule has 3 heterocycles. The first-order chi connectivity index (χ1) is 14.1. The Labute approximate surface area is 172 Å². The molecule has 1 aromatic carbocycles. The lowest BCUT2D eigenvalue weighted by Crippen LogP contribution is -2.37. The van der Waals surface area contributed by atoms with Crippen LogP contribution in [0.1, 0.15) is 22.6 Å². The monoisotopic (exact) mass is 412 g/mol. The Balaban J connectivity index is 1.61. The summed E-state index contributed by atoms with van der Waals surface area (Å²) in [7, 11) is 0. The molecule has 1 fully saturated rings. The van der Waals surface area contributed by atoms with Crippen molar-refractivity contribution in [2.75, 3.05) is 23.7 Å². The van der Waals surface area contributed by atoms with Gasteiger partial charge in [0, 0.05) is 35.1 Å². The Bertz CT molecular complexity index is 998.